The minimum absolute atomic E-state index is 0.729. The average molecular weight is 166 g/mol. The van der Waals surface area contributed by atoms with Gasteiger partial charge in [-0.3, -0.25) is 0 Å². The van der Waals surface area contributed by atoms with Crippen LogP contribution in [-0.2, 0) is 0 Å². The van der Waals surface area contributed by atoms with Gasteiger partial charge in [-0.05, 0) is 31.6 Å². The van der Waals surface area contributed by atoms with E-state index in [0.29, 0.717) is 0 Å². The standard InChI is InChI=1S/C12H22/c1-5-7-9-12(4)10-11(3)8-6-2/h6,11H,2,4-5,7-10H2,1,3H3. The van der Waals surface area contributed by atoms with Gasteiger partial charge in [0, 0.05) is 0 Å². The molecule has 0 nitrogen and oxygen atoms in total. The zero-order valence-corrected chi connectivity index (χ0v) is 8.60. The highest BCUT2D eigenvalue weighted by atomic mass is 14.1. The van der Waals surface area contributed by atoms with Crippen molar-refractivity contribution in [1.29, 1.82) is 0 Å². The van der Waals surface area contributed by atoms with Crippen LogP contribution in [0.2, 0.25) is 0 Å². The molecule has 0 fully saturated rings. The van der Waals surface area contributed by atoms with E-state index in [4.69, 9.17) is 0 Å². The second-order valence-corrected chi connectivity index (χ2v) is 3.69. The van der Waals surface area contributed by atoms with E-state index in [1.807, 2.05) is 6.08 Å². The smallest absolute Gasteiger partial charge is 0.0294 e. The summed E-state index contributed by atoms with van der Waals surface area (Å²) in [6, 6.07) is 0. The fraction of sp³-hybridized carbons (Fsp3) is 0.667. The zero-order valence-electron chi connectivity index (χ0n) is 8.60. The molecular formula is C12H22. The van der Waals surface area contributed by atoms with Crippen LogP contribution in [0.1, 0.15) is 46.0 Å². The van der Waals surface area contributed by atoms with E-state index < -0.39 is 0 Å². The monoisotopic (exact) mass is 166 g/mol. The molecule has 1 atom stereocenters. The van der Waals surface area contributed by atoms with E-state index in [0.717, 1.165) is 12.3 Å². The molecule has 0 aromatic heterocycles. The van der Waals surface area contributed by atoms with Gasteiger partial charge >= 0.3 is 0 Å². The highest BCUT2D eigenvalue weighted by molar-refractivity contribution is 4.95. The second-order valence-electron chi connectivity index (χ2n) is 3.69. The van der Waals surface area contributed by atoms with Crippen LogP contribution in [0.4, 0.5) is 0 Å². The van der Waals surface area contributed by atoms with E-state index in [9.17, 15) is 0 Å². The van der Waals surface area contributed by atoms with E-state index >= 15 is 0 Å². The molecule has 12 heavy (non-hydrogen) atoms. The van der Waals surface area contributed by atoms with Crippen molar-refractivity contribution < 1.29 is 0 Å². The van der Waals surface area contributed by atoms with Crippen LogP contribution in [0.5, 0.6) is 0 Å². The molecule has 0 aliphatic heterocycles. The van der Waals surface area contributed by atoms with E-state index in [1.165, 1.54) is 31.3 Å². The molecule has 0 aliphatic carbocycles. The Morgan fingerprint density at radius 3 is 2.67 bits per heavy atom. The minimum atomic E-state index is 0.729. The van der Waals surface area contributed by atoms with Gasteiger partial charge in [-0.15, -0.1) is 6.58 Å². The van der Waals surface area contributed by atoms with Crippen molar-refractivity contribution in [2.24, 2.45) is 5.92 Å². The van der Waals surface area contributed by atoms with Crippen molar-refractivity contribution in [1.82, 2.24) is 0 Å². The summed E-state index contributed by atoms with van der Waals surface area (Å²) < 4.78 is 0. The minimum Gasteiger partial charge on any atom is -0.103 e. The lowest BCUT2D eigenvalue weighted by molar-refractivity contribution is 0.569. The maximum Gasteiger partial charge on any atom is -0.0294 e. The van der Waals surface area contributed by atoms with Crippen LogP contribution >= 0.6 is 0 Å². The maximum absolute atomic E-state index is 4.08. The van der Waals surface area contributed by atoms with Crippen molar-refractivity contribution in [3.63, 3.8) is 0 Å². The Hall–Kier alpha value is -0.520. The highest BCUT2D eigenvalue weighted by Gasteiger charge is 2.01. The van der Waals surface area contributed by atoms with Gasteiger partial charge in [-0.25, -0.2) is 0 Å². The predicted octanol–water partition coefficient (Wildman–Crippen LogP) is 4.34. The van der Waals surface area contributed by atoms with Crippen molar-refractivity contribution in [2.45, 2.75) is 46.0 Å². The summed E-state index contributed by atoms with van der Waals surface area (Å²) in [4.78, 5) is 0. The van der Waals surface area contributed by atoms with Crippen LogP contribution in [-0.4, -0.2) is 0 Å². The van der Waals surface area contributed by atoms with Crippen LogP contribution in [0.3, 0.4) is 0 Å². The van der Waals surface area contributed by atoms with Gasteiger partial charge < -0.3 is 0 Å². The number of hydrogen-bond donors (Lipinski definition) is 0. The van der Waals surface area contributed by atoms with Gasteiger partial charge in [0.1, 0.15) is 0 Å². The average Bonchev–Trinajstić information content (AvgIpc) is 2.01. The third kappa shape index (κ3) is 6.21. The summed E-state index contributed by atoms with van der Waals surface area (Å²) in [5.74, 6) is 0.729. The molecule has 0 aromatic carbocycles. The van der Waals surface area contributed by atoms with Crippen molar-refractivity contribution >= 4 is 0 Å². The first-order chi connectivity index (χ1) is 5.70. The Kier molecular flexibility index (Phi) is 6.84. The van der Waals surface area contributed by atoms with Crippen molar-refractivity contribution in [2.75, 3.05) is 0 Å². The molecule has 0 bridgehead atoms. The Morgan fingerprint density at radius 1 is 1.50 bits per heavy atom. The van der Waals surface area contributed by atoms with Gasteiger partial charge in [-0.1, -0.05) is 38.5 Å². The molecule has 0 saturated heterocycles. The van der Waals surface area contributed by atoms with Crippen LogP contribution in [0, 0.1) is 5.92 Å². The van der Waals surface area contributed by atoms with Gasteiger partial charge in [0.2, 0.25) is 0 Å². The van der Waals surface area contributed by atoms with Crippen molar-refractivity contribution in [3.8, 4) is 0 Å². The Labute approximate surface area is 77.4 Å². The van der Waals surface area contributed by atoms with Gasteiger partial charge in [0.05, 0.1) is 0 Å². The van der Waals surface area contributed by atoms with E-state index in [1.54, 1.807) is 0 Å². The Bertz CT molecular complexity index is 133. The number of allylic oxidation sites excluding steroid dienone is 2. The van der Waals surface area contributed by atoms with Crippen molar-refractivity contribution in [3.05, 3.63) is 24.8 Å². The van der Waals surface area contributed by atoms with Crippen LogP contribution in [0.25, 0.3) is 0 Å². The van der Waals surface area contributed by atoms with Gasteiger partial charge in [0.15, 0.2) is 0 Å². The molecule has 0 amide bonds. The topological polar surface area (TPSA) is 0 Å². The molecule has 0 N–H and O–H groups in total. The number of rotatable bonds is 7. The Morgan fingerprint density at radius 2 is 2.17 bits per heavy atom. The zero-order chi connectivity index (χ0) is 9.40. The number of hydrogen-bond acceptors (Lipinski definition) is 0. The maximum atomic E-state index is 4.08. The molecular weight excluding hydrogens is 144 g/mol. The summed E-state index contributed by atoms with van der Waals surface area (Å²) in [6.07, 6.45) is 8.06. The lowest BCUT2D eigenvalue weighted by Crippen LogP contribution is -1.94. The molecule has 0 aliphatic rings. The third-order valence-corrected chi connectivity index (χ3v) is 2.09. The molecule has 0 spiro atoms. The predicted molar refractivity (Wildman–Crippen MR) is 57.3 cm³/mol. The largest absolute Gasteiger partial charge is 0.103 e. The first-order valence-electron chi connectivity index (χ1n) is 4.98. The highest BCUT2D eigenvalue weighted by Crippen LogP contribution is 2.17. The quantitative estimate of drug-likeness (QED) is 0.494. The third-order valence-electron chi connectivity index (χ3n) is 2.09. The molecule has 0 radical (unpaired) electrons. The SMILES string of the molecule is C=CCC(C)CC(=C)CCCC. The van der Waals surface area contributed by atoms with E-state index in [2.05, 4.69) is 27.0 Å². The molecule has 0 saturated carbocycles. The molecule has 0 aromatic rings. The number of unbranched alkanes of at least 4 members (excludes halogenated alkanes) is 1. The lowest BCUT2D eigenvalue weighted by atomic mass is 9.96. The summed E-state index contributed by atoms with van der Waals surface area (Å²) in [6.45, 7) is 12.3. The fourth-order valence-corrected chi connectivity index (χ4v) is 1.39. The lowest BCUT2D eigenvalue weighted by Gasteiger charge is -2.10. The summed E-state index contributed by atoms with van der Waals surface area (Å²) >= 11 is 0. The summed E-state index contributed by atoms with van der Waals surface area (Å²) in [7, 11) is 0. The van der Waals surface area contributed by atoms with Gasteiger partial charge in [-0.2, -0.15) is 0 Å². The molecule has 70 valence electrons. The van der Waals surface area contributed by atoms with E-state index in [-0.39, 0.29) is 0 Å². The van der Waals surface area contributed by atoms with Gasteiger partial charge in [0.25, 0.3) is 0 Å². The first kappa shape index (κ1) is 11.5. The molecule has 0 heterocycles. The fourth-order valence-electron chi connectivity index (χ4n) is 1.39. The molecule has 0 heteroatoms. The summed E-state index contributed by atoms with van der Waals surface area (Å²) in [5, 5.41) is 0. The van der Waals surface area contributed by atoms with Crippen LogP contribution in [0.15, 0.2) is 24.8 Å². The second kappa shape index (κ2) is 7.15. The Balaban J connectivity index is 3.46. The van der Waals surface area contributed by atoms with Crippen LogP contribution < -0.4 is 0 Å². The first-order valence-corrected chi connectivity index (χ1v) is 4.98. The summed E-state index contributed by atoms with van der Waals surface area (Å²) in [5.41, 5.74) is 1.41. The molecule has 1 unspecified atom stereocenters. The molecule has 0 rings (SSSR count). The normalized spacial score (nSPS) is 12.5.